The van der Waals surface area contributed by atoms with E-state index < -0.39 is 0 Å². The van der Waals surface area contributed by atoms with E-state index in [1.165, 1.54) is 6.07 Å². The average Bonchev–Trinajstić information content (AvgIpc) is 2.48. The molecule has 3 nitrogen and oxygen atoms in total. The van der Waals surface area contributed by atoms with Crippen molar-refractivity contribution >= 4 is 23.0 Å². The zero-order chi connectivity index (χ0) is 15.1. The first-order chi connectivity index (χ1) is 10.1. The average molecular weight is 304 g/mol. The van der Waals surface area contributed by atoms with Crippen LogP contribution in [0.3, 0.4) is 0 Å². The number of rotatable bonds is 5. The number of para-hydroxylation sites is 2. The summed E-state index contributed by atoms with van der Waals surface area (Å²) in [6.45, 7) is 2.40. The van der Waals surface area contributed by atoms with Crippen LogP contribution >= 0.6 is 12.2 Å². The van der Waals surface area contributed by atoms with Crippen LogP contribution < -0.4 is 15.4 Å². The molecule has 0 fully saturated rings. The number of thiocarbonyl (C=S) groups is 1. The van der Waals surface area contributed by atoms with Crippen LogP contribution in [-0.4, -0.2) is 17.8 Å². The molecular weight excluding hydrogens is 287 g/mol. The summed E-state index contributed by atoms with van der Waals surface area (Å²) < 4.78 is 19.1. The Morgan fingerprint density at radius 3 is 2.52 bits per heavy atom. The maximum Gasteiger partial charge on any atom is 0.171 e. The largest absolute Gasteiger partial charge is 0.491 e. The fourth-order valence-electron chi connectivity index (χ4n) is 1.72. The molecule has 5 heteroatoms. The molecule has 0 amide bonds. The predicted molar refractivity (Wildman–Crippen MR) is 87.2 cm³/mol. The Morgan fingerprint density at radius 2 is 1.81 bits per heavy atom. The number of nitrogens with one attached hydrogen (secondary N) is 2. The summed E-state index contributed by atoms with van der Waals surface area (Å²) in [5, 5.41) is 6.25. The molecule has 0 aliphatic heterocycles. The normalized spacial score (nSPS) is 11.5. The van der Waals surface area contributed by atoms with Crippen LogP contribution in [0.1, 0.15) is 6.92 Å². The zero-order valence-electron chi connectivity index (χ0n) is 11.7. The predicted octanol–water partition coefficient (Wildman–Crippen LogP) is 3.58. The zero-order valence-corrected chi connectivity index (χ0v) is 12.5. The van der Waals surface area contributed by atoms with Crippen molar-refractivity contribution in [1.29, 1.82) is 0 Å². The van der Waals surface area contributed by atoms with Gasteiger partial charge < -0.3 is 15.4 Å². The van der Waals surface area contributed by atoms with Crippen molar-refractivity contribution in [2.75, 3.05) is 11.9 Å². The Hall–Kier alpha value is -2.14. The van der Waals surface area contributed by atoms with E-state index in [1.807, 2.05) is 37.3 Å². The Kier molecular flexibility index (Phi) is 5.51. The van der Waals surface area contributed by atoms with Crippen LogP contribution in [0.4, 0.5) is 10.1 Å². The summed E-state index contributed by atoms with van der Waals surface area (Å²) in [6, 6.07) is 15.9. The molecule has 0 saturated heterocycles. The lowest BCUT2D eigenvalue weighted by molar-refractivity contribution is 0.287. The Labute approximate surface area is 129 Å². The Morgan fingerprint density at radius 1 is 1.14 bits per heavy atom. The molecule has 0 bridgehead atoms. The molecule has 2 rings (SSSR count). The van der Waals surface area contributed by atoms with Crippen LogP contribution in [-0.2, 0) is 0 Å². The lowest BCUT2D eigenvalue weighted by atomic mass is 10.3. The van der Waals surface area contributed by atoms with Crippen LogP contribution in [0.25, 0.3) is 0 Å². The van der Waals surface area contributed by atoms with Gasteiger partial charge in [0.15, 0.2) is 5.11 Å². The van der Waals surface area contributed by atoms with E-state index in [9.17, 15) is 4.39 Å². The molecule has 1 atom stereocenters. The molecule has 0 saturated carbocycles. The van der Waals surface area contributed by atoms with E-state index in [0.717, 1.165) is 5.75 Å². The molecular formula is C16H17FN2OS. The summed E-state index contributed by atoms with van der Waals surface area (Å²) in [5.74, 6) is 0.467. The van der Waals surface area contributed by atoms with Crippen LogP contribution in [0.2, 0.25) is 0 Å². The highest BCUT2D eigenvalue weighted by Gasteiger charge is 2.07. The van der Waals surface area contributed by atoms with Gasteiger partial charge >= 0.3 is 0 Å². The molecule has 2 N–H and O–H groups in total. The second-order valence-corrected chi connectivity index (χ2v) is 5.01. The third-order valence-electron chi connectivity index (χ3n) is 2.74. The second kappa shape index (κ2) is 7.59. The van der Waals surface area contributed by atoms with Gasteiger partial charge in [0, 0.05) is 0 Å². The lowest BCUT2D eigenvalue weighted by Gasteiger charge is -2.17. The van der Waals surface area contributed by atoms with Gasteiger partial charge in [-0.05, 0) is 43.4 Å². The van der Waals surface area contributed by atoms with Crippen molar-refractivity contribution in [3.8, 4) is 5.75 Å². The number of hydrogen-bond acceptors (Lipinski definition) is 2. The first-order valence-electron chi connectivity index (χ1n) is 6.65. The molecule has 0 radical (unpaired) electrons. The fraction of sp³-hybridized carbons (Fsp3) is 0.188. The van der Waals surface area contributed by atoms with E-state index in [4.69, 9.17) is 17.0 Å². The Balaban J connectivity index is 1.78. The van der Waals surface area contributed by atoms with E-state index in [2.05, 4.69) is 10.6 Å². The van der Waals surface area contributed by atoms with Crippen molar-refractivity contribution < 1.29 is 9.13 Å². The summed E-state index contributed by atoms with van der Waals surface area (Å²) in [7, 11) is 0. The van der Waals surface area contributed by atoms with Gasteiger partial charge in [0.1, 0.15) is 18.2 Å². The smallest absolute Gasteiger partial charge is 0.171 e. The second-order valence-electron chi connectivity index (χ2n) is 4.60. The van der Waals surface area contributed by atoms with Gasteiger partial charge in [-0.3, -0.25) is 0 Å². The van der Waals surface area contributed by atoms with Crippen LogP contribution in [0.15, 0.2) is 54.6 Å². The number of halogens is 1. The standard InChI is InChI=1S/C16H17FN2OS/c1-12(11-20-13-7-3-2-4-8-13)18-16(21)19-15-10-6-5-9-14(15)17/h2-10,12H,11H2,1H3,(H2,18,19,21)/t12-/m1/s1. The van der Waals surface area contributed by atoms with Gasteiger partial charge in [-0.1, -0.05) is 30.3 Å². The molecule has 0 aliphatic carbocycles. The summed E-state index contributed by atoms with van der Waals surface area (Å²) in [5.41, 5.74) is 0.353. The molecule has 0 heterocycles. The third kappa shape index (κ3) is 5.04. The Bertz CT molecular complexity index is 592. The fourth-order valence-corrected chi connectivity index (χ4v) is 2.04. The SMILES string of the molecule is C[C@H](COc1ccccc1)NC(=S)Nc1ccccc1F. The highest BCUT2D eigenvalue weighted by Crippen LogP contribution is 2.12. The van der Waals surface area contributed by atoms with E-state index in [0.29, 0.717) is 17.4 Å². The van der Waals surface area contributed by atoms with Gasteiger partial charge in [0.05, 0.1) is 11.7 Å². The molecule has 0 aliphatic rings. The van der Waals surface area contributed by atoms with Crippen molar-refractivity contribution in [2.45, 2.75) is 13.0 Å². The van der Waals surface area contributed by atoms with Gasteiger partial charge in [0.2, 0.25) is 0 Å². The van der Waals surface area contributed by atoms with Gasteiger partial charge in [-0.2, -0.15) is 0 Å². The molecule has 0 spiro atoms. The summed E-state index contributed by atoms with van der Waals surface area (Å²) in [6.07, 6.45) is 0. The van der Waals surface area contributed by atoms with Crippen molar-refractivity contribution in [1.82, 2.24) is 5.32 Å². The number of benzene rings is 2. The topological polar surface area (TPSA) is 33.3 Å². The minimum Gasteiger partial charge on any atom is -0.491 e. The molecule has 2 aromatic rings. The molecule has 110 valence electrons. The van der Waals surface area contributed by atoms with E-state index in [1.54, 1.807) is 18.2 Å². The van der Waals surface area contributed by atoms with Crippen LogP contribution in [0, 0.1) is 5.82 Å². The molecule has 0 aromatic heterocycles. The van der Waals surface area contributed by atoms with Crippen molar-refractivity contribution in [2.24, 2.45) is 0 Å². The molecule has 2 aromatic carbocycles. The first-order valence-corrected chi connectivity index (χ1v) is 7.06. The summed E-state index contributed by atoms with van der Waals surface area (Å²) in [4.78, 5) is 0. The van der Waals surface area contributed by atoms with Crippen molar-refractivity contribution in [3.63, 3.8) is 0 Å². The minimum atomic E-state index is -0.338. The van der Waals surface area contributed by atoms with E-state index in [-0.39, 0.29) is 11.9 Å². The van der Waals surface area contributed by atoms with Crippen LogP contribution in [0.5, 0.6) is 5.75 Å². The third-order valence-corrected chi connectivity index (χ3v) is 2.96. The summed E-state index contributed by atoms with van der Waals surface area (Å²) >= 11 is 5.16. The monoisotopic (exact) mass is 304 g/mol. The van der Waals surface area contributed by atoms with E-state index >= 15 is 0 Å². The van der Waals surface area contributed by atoms with Gasteiger partial charge in [-0.15, -0.1) is 0 Å². The number of hydrogen-bond donors (Lipinski definition) is 2. The highest BCUT2D eigenvalue weighted by atomic mass is 32.1. The van der Waals surface area contributed by atoms with Crippen molar-refractivity contribution in [3.05, 3.63) is 60.4 Å². The minimum absolute atomic E-state index is 0.00280. The number of anilines is 1. The lowest BCUT2D eigenvalue weighted by Crippen LogP contribution is -2.39. The molecule has 0 unspecified atom stereocenters. The maximum absolute atomic E-state index is 13.5. The first kappa shape index (κ1) is 15.3. The van der Waals surface area contributed by atoms with Gasteiger partial charge in [-0.25, -0.2) is 4.39 Å². The highest BCUT2D eigenvalue weighted by molar-refractivity contribution is 7.80. The quantitative estimate of drug-likeness (QED) is 0.827. The molecule has 21 heavy (non-hydrogen) atoms. The number of ether oxygens (including phenoxy) is 1. The maximum atomic E-state index is 13.5. The van der Waals surface area contributed by atoms with Gasteiger partial charge in [0.25, 0.3) is 0 Å².